The molecule has 172 valence electrons. The van der Waals surface area contributed by atoms with Gasteiger partial charge in [0.2, 0.25) is 0 Å². The number of aryl methyl sites for hydroxylation is 1. The fourth-order valence-electron chi connectivity index (χ4n) is 3.72. The topological polar surface area (TPSA) is 99.9 Å². The van der Waals surface area contributed by atoms with Crippen LogP contribution < -0.4 is 16.2 Å². The fourth-order valence-corrected chi connectivity index (χ4v) is 3.72. The van der Waals surface area contributed by atoms with E-state index < -0.39 is 0 Å². The van der Waals surface area contributed by atoms with Gasteiger partial charge in [-0.25, -0.2) is 4.98 Å². The molecule has 0 aliphatic carbocycles. The second-order valence-electron chi connectivity index (χ2n) is 8.43. The highest BCUT2D eigenvalue weighted by Crippen LogP contribution is 2.27. The summed E-state index contributed by atoms with van der Waals surface area (Å²) in [4.78, 5) is 12.7. The molecule has 1 aromatic carbocycles. The summed E-state index contributed by atoms with van der Waals surface area (Å²) in [6.45, 7) is 2.28. The minimum Gasteiger partial charge on any atom is -0.422 e. The first-order valence-corrected chi connectivity index (χ1v) is 12.2. The van der Waals surface area contributed by atoms with E-state index in [1.807, 2.05) is 0 Å². The molecule has 1 heterocycles. The first-order chi connectivity index (χ1) is 15.2. The second kappa shape index (κ2) is 15.4. The van der Waals surface area contributed by atoms with Crippen LogP contribution in [0.3, 0.4) is 0 Å². The van der Waals surface area contributed by atoms with Crippen molar-refractivity contribution in [2.75, 3.05) is 11.5 Å². The van der Waals surface area contributed by atoms with Gasteiger partial charge in [-0.15, -0.1) is 0 Å². The smallest absolute Gasteiger partial charge is 0.325 e. The summed E-state index contributed by atoms with van der Waals surface area (Å²) in [7, 11) is 0. The number of anilines is 2. The molecular formula is C25H41N5O. The molecule has 1 aromatic heterocycles. The predicted octanol–water partition coefficient (Wildman–Crippen LogP) is 6.85. The molecule has 0 saturated heterocycles. The van der Waals surface area contributed by atoms with Gasteiger partial charge in [0, 0.05) is 12.1 Å². The van der Waals surface area contributed by atoms with E-state index in [-0.39, 0.29) is 6.01 Å². The Morgan fingerprint density at radius 1 is 0.742 bits per heavy atom. The third kappa shape index (κ3) is 11.0. The Balaban J connectivity index is 1.51. The van der Waals surface area contributed by atoms with E-state index in [2.05, 4.69) is 21.9 Å². The van der Waals surface area contributed by atoms with Crippen LogP contribution in [0.15, 0.2) is 24.5 Å². The van der Waals surface area contributed by atoms with Gasteiger partial charge in [0.05, 0.1) is 5.69 Å². The van der Waals surface area contributed by atoms with Gasteiger partial charge >= 0.3 is 6.01 Å². The predicted molar refractivity (Wildman–Crippen MR) is 129 cm³/mol. The fraction of sp³-hybridized carbons (Fsp3) is 0.640. The van der Waals surface area contributed by atoms with Gasteiger partial charge in [0.1, 0.15) is 12.2 Å². The van der Waals surface area contributed by atoms with Crippen LogP contribution in [0.1, 0.15) is 103 Å². The lowest BCUT2D eigenvalue weighted by atomic mass is 10.0. The molecule has 0 atom stereocenters. The average Bonchev–Trinajstić information content (AvgIpc) is 2.76. The third-order valence-electron chi connectivity index (χ3n) is 5.59. The average molecular weight is 428 g/mol. The highest BCUT2D eigenvalue weighted by Gasteiger charge is 2.07. The lowest BCUT2D eigenvalue weighted by Crippen LogP contribution is -2.01. The summed E-state index contributed by atoms with van der Waals surface area (Å²) in [5, 5.41) is 0. The Kier molecular flexibility index (Phi) is 12.4. The van der Waals surface area contributed by atoms with Crippen molar-refractivity contribution < 1.29 is 4.74 Å². The molecule has 0 amide bonds. The number of aromatic nitrogens is 3. The van der Waals surface area contributed by atoms with Crippen LogP contribution in [0, 0.1) is 0 Å². The van der Waals surface area contributed by atoms with Crippen molar-refractivity contribution in [3.63, 3.8) is 0 Å². The van der Waals surface area contributed by atoms with Crippen molar-refractivity contribution in [2.24, 2.45) is 0 Å². The second-order valence-corrected chi connectivity index (χ2v) is 8.43. The Labute approximate surface area is 188 Å². The Hall–Kier alpha value is -2.37. The van der Waals surface area contributed by atoms with Crippen molar-refractivity contribution in [1.29, 1.82) is 0 Å². The summed E-state index contributed by atoms with van der Waals surface area (Å²) in [6.07, 6.45) is 21.3. The largest absolute Gasteiger partial charge is 0.422 e. The number of ether oxygens (including phenoxy) is 1. The van der Waals surface area contributed by atoms with Crippen LogP contribution in [-0.2, 0) is 6.42 Å². The van der Waals surface area contributed by atoms with Crippen LogP contribution in [0.25, 0.3) is 0 Å². The minimum atomic E-state index is 0.270. The Morgan fingerprint density at radius 2 is 1.32 bits per heavy atom. The zero-order valence-corrected chi connectivity index (χ0v) is 19.3. The van der Waals surface area contributed by atoms with Crippen molar-refractivity contribution in [3.05, 3.63) is 30.4 Å². The van der Waals surface area contributed by atoms with Crippen LogP contribution >= 0.6 is 0 Å². The molecule has 4 N–H and O–H groups in total. The van der Waals surface area contributed by atoms with Gasteiger partial charge < -0.3 is 16.2 Å². The molecule has 2 aromatic rings. The van der Waals surface area contributed by atoms with E-state index in [1.54, 1.807) is 18.2 Å². The molecule has 6 heteroatoms. The summed E-state index contributed by atoms with van der Waals surface area (Å²) >= 11 is 0. The number of rotatable bonds is 17. The molecule has 0 bridgehead atoms. The molecule has 2 rings (SSSR count). The van der Waals surface area contributed by atoms with Crippen molar-refractivity contribution in [2.45, 2.75) is 103 Å². The van der Waals surface area contributed by atoms with Gasteiger partial charge in [-0.2, -0.15) is 9.97 Å². The monoisotopic (exact) mass is 427 g/mol. The zero-order valence-electron chi connectivity index (χ0n) is 19.3. The van der Waals surface area contributed by atoms with Crippen molar-refractivity contribution in [1.82, 2.24) is 15.0 Å². The summed E-state index contributed by atoms with van der Waals surface area (Å²) < 4.78 is 5.69. The Bertz CT molecular complexity index is 738. The maximum absolute atomic E-state index is 5.93. The highest BCUT2D eigenvalue weighted by molar-refractivity contribution is 5.60. The molecule has 0 fully saturated rings. The van der Waals surface area contributed by atoms with E-state index in [9.17, 15) is 0 Å². The molecule has 0 aliphatic heterocycles. The first kappa shape index (κ1) is 24.9. The summed E-state index contributed by atoms with van der Waals surface area (Å²) in [5.74, 6) is 1.26. The standard InChI is InChI=1S/C25H41N5O/c1-2-3-4-5-6-7-8-9-10-11-12-13-14-15-16-24-28-20-29-25(30-24)31-23-18-17-21(26)19-22(23)27/h17-20H,2-16,26-27H2,1H3. The first-order valence-electron chi connectivity index (χ1n) is 12.2. The third-order valence-corrected chi connectivity index (χ3v) is 5.59. The van der Waals surface area contributed by atoms with E-state index in [1.165, 1.54) is 89.8 Å². The molecule has 6 nitrogen and oxygen atoms in total. The Morgan fingerprint density at radius 3 is 1.90 bits per heavy atom. The van der Waals surface area contributed by atoms with Crippen LogP contribution in [0.4, 0.5) is 11.4 Å². The number of hydrogen-bond acceptors (Lipinski definition) is 6. The highest BCUT2D eigenvalue weighted by atomic mass is 16.5. The summed E-state index contributed by atoms with van der Waals surface area (Å²) in [5.41, 5.74) is 12.7. The van der Waals surface area contributed by atoms with Gasteiger partial charge in [-0.3, -0.25) is 0 Å². The van der Waals surface area contributed by atoms with E-state index >= 15 is 0 Å². The normalized spacial score (nSPS) is 11.0. The van der Waals surface area contributed by atoms with E-state index in [0.717, 1.165) is 18.7 Å². The number of unbranched alkanes of at least 4 members (excludes halogenated alkanes) is 13. The van der Waals surface area contributed by atoms with Crippen molar-refractivity contribution >= 4 is 11.4 Å². The van der Waals surface area contributed by atoms with Crippen molar-refractivity contribution in [3.8, 4) is 11.8 Å². The number of nitrogens with two attached hydrogens (primary N) is 2. The number of hydrogen-bond donors (Lipinski definition) is 2. The molecule has 0 spiro atoms. The lowest BCUT2D eigenvalue weighted by Gasteiger charge is -2.08. The number of nitrogen functional groups attached to an aromatic ring is 2. The van der Waals surface area contributed by atoms with Gasteiger partial charge in [-0.05, 0) is 24.6 Å². The molecule has 0 unspecified atom stereocenters. The van der Waals surface area contributed by atoms with Crippen LogP contribution in [-0.4, -0.2) is 15.0 Å². The van der Waals surface area contributed by atoms with Gasteiger partial charge in [-0.1, -0.05) is 90.4 Å². The molecule has 0 saturated carbocycles. The SMILES string of the molecule is CCCCCCCCCCCCCCCCc1ncnc(Oc2ccc(N)cc2N)n1. The van der Waals surface area contributed by atoms with Crippen LogP contribution in [0.5, 0.6) is 11.8 Å². The molecule has 0 aliphatic rings. The lowest BCUT2D eigenvalue weighted by molar-refractivity contribution is 0.437. The zero-order chi connectivity index (χ0) is 22.2. The molecule has 0 radical (unpaired) electrons. The summed E-state index contributed by atoms with van der Waals surface area (Å²) in [6, 6.07) is 5.39. The van der Waals surface area contributed by atoms with Gasteiger partial charge in [0.25, 0.3) is 0 Å². The molecule has 31 heavy (non-hydrogen) atoms. The van der Waals surface area contributed by atoms with E-state index in [0.29, 0.717) is 17.1 Å². The number of benzene rings is 1. The van der Waals surface area contributed by atoms with Gasteiger partial charge in [0.15, 0.2) is 5.75 Å². The molecular weight excluding hydrogens is 386 g/mol. The quantitative estimate of drug-likeness (QED) is 0.211. The maximum atomic E-state index is 5.93. The maximum Gasteiger partial charge on any atom is 0.325 e. The minimum absolute atomic E-state index is 0.270. The van der Waals surface area contributed by atoms with E-state index in [4.69, 9.17) is 16.2 Å². The van der Waals surface area contributed by atoms with Crippen LogP contribution in [0.2, 0.25) is 0 Å². The number of nitrogens with zero attached hydrogens (tertiary/aromatic N) is 3.